The van der Waals surface area contributed by atoms with Crippen molar-refractivity contribution in [1.82, 2.24) is 0 Å². The zero-order chi connectivity index (χ0) is 21.2. The Morgan fingerprint density at radius 2 is 1.41 bits per heavy atom. The van der Waals surface area contributed by atoms with Gasteiger partial charge in [0.1, 0.15) is 0 Å². The Bertz CT molecular complexity index is 893. The van der Waals surface area contributed by atoms with Crippen LogP contribution in [-0.2, 0) is 14.3 Å². The van der Waals surface area contributed by atoms with Gasteiger partial charge in [-0.1, -0.05) is 6.07 Å². The largest absolute Gasteiger partial charge is 0.493 e. The number of benzene rings is 2. The van der Waals surface area contributed by atoms with Gasteiger partial charge in [0.25, 0.3) is 5.91 Å². The van der Waals surface area contributed by atoms with Crippen LogP contribution in [0.3, 0.4) is 0 Å². The zero-order valence-corrected chi connectivity index (χ0v) is 16.7. The Hall–Kier alpha value is -3.68. The molecule has 29 heavy (non-hydrogen) atoms. The average molecular weight is 401 g/mol. The van der Waals surface area contributed by atoms with Crippen LogP contribution in [0.4, 0.5) is 5.69 Å². The third-order valence-corrected chi connectivity index (χ3v) is 3.83. The predicted molar refractivity (Wildman–Crippen MR) is 108 cm³/mol. The van der Waals surface area contributed by atoms with Gasteiger partial charge in [-0.25, -0.2) is 4.79 Å². The number of carbonyl (C=O) groups excluding carboxylic acids is 2. The highest BCUT2D eigenvalue weighted by molar-refractivity contribution is 5.94. The Kier molecular flexibility index (Phi) is 7.90. The van der Waals surface area contributed by atoms with Gasteiger partial charge in [0.15, 0.2) is 29.6 Å². The maximum atomic E-state index is 12.0. The number of hydrogen-bond donors (Lipinski definition) is 1. The molecule has 0 aromatic heterocycles. The first-order valence-electron chi connectivity index (χ1n) is 8.59. The highest BCUT2D eigenvalue weighted by Crippen LogP contribution is 2.30. The molecule has 0 unspecified atom stereocenters. The number of amides is 1. The standard InChI is InChI=1S/C21H23NO7/c1-25-16-8-5-14(11-18(16)27-3)6-10-21(24)29-13-20(23)22-15-7-9-17(26-2)19(12-15)28-4/h5-12H,13H2,1-4H3,(H,22,23)/b10-6+. The van der Waals surface area contributed by atoms with E-state index in [-0.39, 0.29) is 0 Å². The Morgan fingerprint density at radius 3 is 2.03 bits per heavy atom. The molecule has 154 valence electrons. The van der Waals surface area contributed by atoms with E-state index in [4.69, 9.17) is 23.7 Å². The van der Waals surface area contributed by atoms with Gasteiger partial charge in [-0.3, -0.25) is 4.79 Å². The van der Waals surface area contributed by atoms with Crippen molar-refractivity contribution in [1.29, 1.82) is 0 Å². The summed E-state index contributed by atoms with van der Waals surface area (Å²) in [4.78, 5) is 23.8. The van der Waals surface area contributed by atoms with Crippen molar-refractivity contribution in [3.8, 4) is 23.0 Å². The summed E-state index contributed by atoms with van der Waals surface area (Å²) in [5.74, 6) is 1.00. The van der Waals surface area contributed by atoms with Crippen molar-refractivity contribution < 1.29 is 33.3 Å². The molecular formula is C21H23NO7. The summed E-state index contributed by atoms with van der Waals surface area (Å²) in [6, 6.07) is 10.1. The molecule has 1 amide bonds. The van der Waals surface area contributed by atoms with E-state index in [0.717, 1.165) is 5.56 Å². The van der Waals surface area contributed by atoms with Crippen LogP contribution in [-0.4, -0.2) is 46.9 Å². The zero-order valence-electron chi connectivity index (χ0n) is 16.7. The number of nitrogens with one attached hydrogen (secondary N) is 1. The molecular weight excluding hydrogens is 378 g/mol. The number of anilines is 1. The summed E-state index contributed by atoms with van der Waals surface area (Å²) in [6.07, 6.45) is 2.78. The molecule has 0 aliphatic carbocycles. The van der Waals surface area contributed by atoms with Crippen LogP contribution in [0.1, 0.15) is 5.56 Å². The maximum Gasteiger partial charge on any atom is 0.331 e. The summed E-state index contributed by atoms with van der Waals surface area (Å²) in [5.41, 5.74) is 1.21. The van der Waals surface area contributed by atoms with Crippen molar-refractivity contribution in [3.63, 3.8) is 0 Å². The second-order valence-corrected chi connectivity index (χ2v) is 5.67. The molecule has 0 aliphatic heterocycles. The lowest BCUT2D eigenvalue weighted by atomic mass is 10.2. The molecule has 0 bridgehead atoms. The fourth-order valence-electron chi connectivity index (χ4n) is 2.42. The van der Waals surface area contributed by atoms with E-state index in [1.807, 2.05) is 0 Å². The third kappa shape index (κ3) is 6.17. The molecule has 2 aromatic rings. The van der Waals surface area contributed by atoms with E-state index in [1.54, 1.807) is 42.5 Å². The van der Waals surface area contributed by atoms with Crippen molar-refractivity contribution in [2.24, 2.45) is 0 Å². The second-order valence-electron chi connectivity index (χ2n) is 5.67. The lowest BCUT2D eigenvalue weighted by Crippen LogP contribution is -2.20. The normalized spacial score (nSPS) is 10.3. The van der Waals surface area contributed by atoms with Crippen LogP contribution in [0.2, 0.25) is 0 Å². The second kappa shape index (κ2) is 10.6. The molecule has 0 saturated carbocycles. The van der Waals surface area contributed by atoms with Gasteiger partial charge in [-0.15, -0.1) is 0 Å². The van der Waals surface area contributed by atoms with Crippen LogP contribution in [0.15, 0.2) is 42.5 Å². The molecule has 8 heteroatoms. The van der Waals surface area contributed by atoms with E-state index in [1.165, 1.54) is 34.5 Å². The Balaban J connectivity index is 1.88. The molecule has 0 spiro atoms. The molecule has 1 N–H and O–H groups in total. The minimum absolute atomic E-state index is 0.427. The highest BCUT2D eigenvalue weighted by Gasteiger charge is 2.09. The first kappa shape index (κ1) is 21.6. The molecule has 8 nitrogen and oxygen atoms in total. The van der Waals surface area contributed by atoms with Gasteiger partial charge < -0.3 is 29.0 Å². The molecule has 0 atom stereocenters. The fraction of sp³-hybridized carbons (Fsp3) is 0.238. The van der Waals surface area contributed by atoms with Gasteiger partial charge >= 0.3 is 5.97 Å². The number of esters is 1. The monoisotopic (exact) mass is 401 g/mol. The molecule has 2 aromatic carbocycles. The summed E-state index contributed by atoms with van der Waals surface area (Å²) in [6.45, 7) is -0.427. The Labute approximate surface area is 169 Å². The van der Waals surface area contributed by atoms with Crippen molar-refractivity contribution in [3.05, 3.63) is 48.0 Å². The van der Waals surface area contributed by atoms with E-state index in [2.05, 4.69) is 5.32 Å². The van der Waals surface area contributed by atoms with Crippen LogP contribution in [0, 0.1) is 0 Å². The molecule has 0 fully saturated rings. The van der Waals surface area contributed by atoms with Gasteiger partial charge in [0, 0.05) is 17.8 Å². The summed E-state index contributed by atoms with van der Waals surface area (Å²) < 4.78 is 25.6. The SMILES string of the molecule is COc1ccc(/C=C/C(=O)OCC(=O)Nc2ccc(OC)c(OC)c2)cc1OC. The molecule has 0 heterocycles. The molecule has 0 aliphatic rings. The van der Waals surface area contributed by atoms with Gasteiger partial charge in [0.2, 0.25) is 0 Å². The van der Waals surface area contributed by atoms with Gasteiger partial charge in [-0.2, -0.15) is 0 Å². The van der Waals surface area contributed by atoms with E-state index >= 15 is 0 Å². The topological polar surface area (TPSA) is 92.3 Å². The van der Waals surface area contributed by atoms with E-state index < -0.39 is 18.5 Å². The number of carbonyl (C=O) groups is 2. The molecule has 0 saturated heterocycles. The lowest BCUT2D eigenvalue weighted by molar-refractivity contribution is -0.142. The van der Waals surface area contributed by atoms with E-state index in [9.17, 15) is 9.59 Å². The third-order valence-electron chi connectivity index (χ3n) is 3.83. The number of ether oxygens (including phenoxy) is 5. The number of methoxy groups -OCH3 is 4. The van der Waals surface area contributed by atoms with Crippen molar-refractivity contribution in [2.45, 2.75) is 0 Å². The highest BCUT2D eigenvalue weighted by atomic mass is 16.5. The summed E-state index contributed by atoms with van der Waals surface area (Å²) >= 11 is 0. The van der Waals surface area contributed by atoms with Crippen molar-refractivity contribution in [2.75, 3.05) is 40.4 Å². The lowest BCUT2D eigenvalue weighted by Gasteiger charge is -2.10. The number of hydrogen-bond acceptors (Lipinski definition) is 7. The van der Waals surface area contributed by atoms with E-state index in [0.29, 0.717) is 28.7 Å². The molecule has 2 rings (SSSR count). The minimum atomic E-state index is -0.651. The fourth-order valence-corrected chi connectivity index (χ4v) is 2.42. The predicted octanol–water partition coefficient (Wildman–Crippen LogP) is 2.92. The minimum Gasteiger partial charge on any atom is -0.493 e. The first-order chi connectivity index (χ1) is 14.0. The van der Waals surface area contributed by atoms with Crippen molar-refractivity contribution >= 4 is 23.6 Å². The van der Waals surface area contributed by atoms with Crippen LogP contribution >= 0.6 is 0 Å². The first-order valence-corrected chi connectivity index (χ1v) is 8.59. The van der Waals surface area contributed by atoms with Crippen LogP contribution < -0.4 is 24.3 Å². The Morgan fingerprint density at radius 1 is 0.828 bits per heavy atom. The summed E-state index contributed by atoms with van der Waals surface area (Å²) in [7, 11) is 6.08. The quantitative estimate of drug-likeness (QED) is 0.510. The average Bonchev–Trinajstić information content (AvgIpc) is 2.75. The van der Waals surface area contributed by atoms with Gasteiger partial charge in [0.05, 0.1) is 28.4 Å². The summed E-state index contributed by atoms with van der Waals surface area (Å²) in [5, 5.41) is 2.62. The molecule has 0 radical (unpaired) electrons. The van der Waals surface area contributed by atoms with Crippen LogP contribution in [0.5, 0.6) is 23.0 Å². The van der Waals surface area contributed by atoms with Crippen LogP contribution in [0.25, 0.3) is 6.08 Å². The number of rotatable bonds is 9. The smallest absolute Gasteiger partial charge is 0.331 e. The maximum absolute atomic E-state index is 12.0. The van der Waals surface area contributed by atoms with Gasteiger partial charge in [-0.05, 0) is 35.9 Å².